The fourth-order valence-electron chi connectivity index (χ4n) is 2.67. The van der Waals surface area contributed by atoms with E-state index in [2.05, 4.69) is 4.98 Å². The van der Waals surface area contributed by atoms with Crippen molar-refractivity contribution < 1.29 is 9.18 Å². The second-order valence-electron chi connectivity index (χ2n) is 5.25. The molecule has 19 heavy (non-hydrogen) atoms. The minimum Gasteiger partial charge on any atom is -0.381 e. The Morgan fingerprint density at radius 2 is 2.16 bits per heavy atom. The van der Waals surface area contributed by atoms with Crippen LogP contribution in [-0.2, 0) is 0 Å². The van der Waals surface area contributed by atoms with Gasteiger partial charge in [0, 0.05) is 19.8 Å². The molecule has 1 aromatic rings. The van der Waals surface area contributed by atoms with Crippen LogP contribution in [0, 0.1) is 11.7 Å². The molecule has 1 fully saturated rings. The number of carbonyl (C=O) groups excluding carboxylic acids is 1. The van der Waals surface area contributed by atoms with Crippen LogP contribution in [0.25, 0.3) is 0 Å². The zero-order valence-electron chi connectivity index (χ0n) is 11.2. The summed E-state index contributed by atoms with van der Waals surface area (Å²) in [6.45, 7) is 0.681. The van der Waals surface area contributed by atoms with Crippen molar-refractivity contribution in [2.24, 2.45) is 5.92 Å². The summed E-state index contributed by atoms with van der Waals surface area (Å²) in [5, 5.41) is 0. The lowest BCUT2D eigenvalue weighted by Crippen LogP contribution is -2.33. The third kappa shape index (κ3) is 3.22. The van der Waals surface area contributed by atoms with Crippen LogP contribution in [0.15, 0.2) is 12.3 Å². The summed E-state index contributed by atoms with van der Waals surface area (Å²) in [7, 11) is 1.72. The molecule has 1 heterocycles. The van der Waals surface area contributed by atoms with Gasteiger partial charge in [0.25, 0.3) is 5.91 Å². The smallest absolute Gasteiger partial charge is 0.256 e. The molecule has 1 aromatic heterocycles. The molecule has 1 aliphatic carbocycles. The predicted octanol–water partition coefficient (Wildman–Crippen LogP) is 2.46. The number of aromatic nitrogens is 1. The number of nitrogens with two attached hydrogens (primary N) is 1. The lowest BCUT2D eigenvalue weighted by atomic mass is 9.89. The molecule has 5 heteroatoms. The van der Waals surface area contributed by atoms with Gasteiger partial charge in [-0.05, 0) is 24.8 Å². The number of rotatable bonds is 3. The largest absolute Gasteiger partial charge is 0.381 e. The van der Waals surface area contributed by atoms with E-state index in [0.717, 1.165) is 12.8 Å². The molecule has 4 nitrogen and oxygen atoms in total. The topological polar surface area (TPSA) is 59.2 Å². The van der Waals surface area contributed by atoms with Crippen molar-refractivity contribution in [1.29, 1.82) is 0 Å². The highest BCUT2D eigenvalue weighted by Gasteiger charge is 2.22. The summed E-state index contributed by atoms with van der Waals surface area (Å²) in [6, 6.07) is 1.38. The molecule has 0 aromatic carbocycles. The van der Waals surface area contributed by atoms with E-state index >= 15 is 0 Å². The first kappa shape index (κ1) is 13.8. The quantitative estimate of drug-likeness (QED) is 0.913. The Morgan fingerprint density at radius 3 is 2.84 bits per heavy atom. The number of halogens is 1. The van der Waals surface area contributed by atoms with Crippen molar-refractivity contribution >= 4 is 11.7 Å². The fourth-order valence-corrected chi connectivity index (χ4v) is 2.67. The van der Waals surface area contributed by atoms with Gasteiger partial charge in [0.15, 0.2) is 11.6 Å². The van der Waals surface area contributed by atoms with Crippen molar-refractivity contribution in [3.05, 3.63) is 23.6 Å². The average Bonchev–Trinajstić information content (AvgIpc) is 2.42. The molecule has 104 valence electrons. The Kier molecular flexibility index (Phi) is 4.35. The Balaban J connectivity index is 2.03. The summed E-state index contributed by atoms with van der Waals surface area (Å²) in [4.78, 5) is 17.4. The lowest BCUT2D eigenvalue weighted by Gasteiger charge is -2.27. The van der Waals surface area contributed by atoms with Crippen LogP contribution < -0.4 is 5.73 Å². The maximum Gasteiger partial charge on any atom is 0.256 e. The van der Waals surface area contributed by atoms with Gasteiger partial charge in [-0.1, -0.05) is 19.3 Å². The summed E-state index contributed by atoms with van der Waals surface area (Å²) in [6.07, 6.45) is 7.40. The zero-order valence-corrected chi connectivity index (χ0v) is 11.2. The molecule has 1 amide bonds. The van der Waals surface area contributed by atoms with Gasteiger partial charge < -0.3 is 10.6 Å². The summed E-state index contributed by atoms with van der Waals surface area (Å²) in [5.41, 5.74) is 5.39. The van der Waals surface area contributed by atoms with Gasteiger partial charge in [0.1, 0.15) is 0 Å². The van der Waals surface area contributed by atoms with Gasteiger partial charge in [-0.25, -0.2) is 9.37 Å². The Hall–Kier alpha value is -1.65. The first-order valence-corrected chi connectivity index (χ1v) is 6.75. The van der Waals surface area contributed by atoms with E-state index < -0.39 is 5.82 Å². The molecule has 0 saturated heterocycles. The standard InChI is InChI=1S/C14H20FN3O/c1-18(9-10-5-3-2-4-6-10)14(19)11-7-8-17-13(16)12(11)15/h7-8,10H,2-6,9H2,1H3,(H2,16,17). The molecule has 1 aliphatic rings. The van der Waals surface area contributed by atoms with Gasteiger partial charge in [-0.3, -0.25) is 4.79 Å². The van der Waals surface area contributed by atoms with Crippen molar-refractivity contribution in [3.63, 3.8) is 0 Å². The lowest BCUT2D eigenvalue weighted by molar-refractivity contribution is 0.0756. The molecule has 1 saturated carbocycles. The van der Waals surface area contributed by atoms with Crippen molar-refractivity contribution in [1.82, 2.24) is 9.88 Å². The second-order valence-corrected chi connectivity index (χ2v) is 5.25. The van der Waals surface area contributed by atoms with Crippen LogP contribution in [0.4, 0.5) is 10.2 Å². The number of amides is 1. The molecule has 0 bridgehead atoms. The molecular weight excluding hydrogens is 245 g/mol. The van der Waals surface area contributed by atoms with Crippen molar-refractivity contribution in [2.45, 2.75) is 32.1 Å². The fraction of sp³-hybridized carbons (Fsp3) is 0.571. The first-order valence-electron chi connectivity index (χ1n) is 6.75. The van der Waals surface area contributed by atoms with Crippen LogP contribution in [0.5, 0.6) is 0 Å². The Bertz CT molecular complexity index is 458. The highest BCUT2D eigenvalue weighted by atomic mass is 19.1. The van der Waals surface area contributed by atoms with Crippen LogP contribution in [0.1, 0.15) is 42.5 Å². The van der Waals surface area contributed by atoms with Gasteiger partial charge in [-0.2, -0.15) is 0 Å². The molecule has 2 rings (SSSR count). The molecule has 0 radical (unpaired) electrons. The molecular formula is C14H20FN3O. The van der Waals surface area contributed by atoms with Gasteiger partial charge in [-0.15, -0.1) is 0 Å². The number of pyridine rings is 1. The molecule has 0 unspecified atom stereocenters. The van der Waals surface area contributed by atoms with Crippen molar-refractivity contribution in [3.8, 4) is 0 Å². The van der Waals surface area contributed by atoms with E-state index in [1.165, 1.54) is 31.5 Å². The molecule has 0 aliphatic heterocycles. The summed E-state index contributed by atoms with van der Waals surface area (Å²) in [5.74, 6) is -0.734. The monoisotopic (exact) mass is 265 g/mol. The van der Waals surface area contributed by atoms with Crippen LogP contribution in [-0.4, -0.2) is 29.4 Å². The first-order chi connectivity index (χ1) is 9.09. The minimum absolute atomic E-state index is 0.00538. The third-order valence-electron chi connectivity index (χ3n) is 3.75. The average molecular weight is 265 g/mol. The Morgan fingerprint density at radius 1 is 1.47 bits per heavy atom. The van der Waals surface area contributed by atoms with E-state index in [-0.39, 0.29) is 17.3 Å². The zero-order chi connectivity index (χ0) is 13.8. The number of hydrogen-bond acceptors (Lipinski definition) is 3. The van der Waals surface area contributed by atoms with E-state index in [0.29, 0.717) is 12.5 Å². The SMILES string of the molecule is CN(CC1CCCCC1)C(=O)c1ccnc(N)c1F. The maximum atomic E-state index is 13.8. The Labute approximate surface area is 112 Å². The molecule has 0 spiro atoms. The van der Waals surface area contributed by atoms with Crippen LogP contribution in [0.3, 0.4) is 0 Å². The molecule has 0 atom stereocenters. The summed E-state index contributed by atoms with van der Waals surface area (Å²) >= 11 is 0. The number of anilines is 1. The van der Waals surface area contributed by atoms with E-state index in [1.54, 1.807) is 11.9 Å². The van der Waals surface area contributed by atoms with E-state index in [1.807, 2.05) is 0 Å². The normalized spacial score (nSPS) is 16.3. The van der Waals surface area contributed by atoms with Gasteiger partial charge in [0.05, 0.1) is 5.56 Å². The van der Waals surface area contributed by atoms with Crippen LogP contribution in [0.2, 0.25) is 0 Å². The number of carbonyl (C=O) groups is 1. The minimum atomic E-state index is -0.719. The second kappa shape index (κ2) is 5.99. The van der Waals surface area contributed by atoms with Crippen molar-refractivity contribution in [2.75, 3.05) is 19.3 Å². The molecule has 2 N–H and O–H groups in total. The number of nitrogens with zero attached hydrogens (tertiary/aromatic N) is 2. The number of nitrogen functional groups attached to an aromatic ring is 1. The van der Waals surface area contributed by atoms with E-state index in [4.69, 9.17) is 5.73 Å². The van der Waals surface area contributed by atoms with Gasteiger partial charge >= 0.3 is 0 Å². The van der Waals surface area contributed by atoms with Crippen LogP contribution >= 0.6 is 0 Å². The third-order valence-corrected chi connectivity index (χ3v) is 3.75. The van der Waals surface area contributed by atoms with Gasteiger partial charge in [0.2, 0.25) is 0 Å². The summed E-state index contributed by atoms with van der Waals surface area (Å²) < 4.78 is 13.8. The highest BCUT2D eigenvalue weighted by molar-refractivity contribution is 5.94. The van der Waals surface area contributed by atoms with E-state index in [9.17, 15) is 9.18 Å². The highest BCUT2D eigenvalue weighted by Crippen LogP contribution is 2.24. The predicted molar refractivity (Wildman–Crippen MR) is 72.1 cm³/mol. The number of hydrogen-bond donors (Lipinski definition) is 1. The maximum absolute atomic E-state index is 13.8.